The summed E-state index contributed by atoms with van der Waals surface area (Å²) in [6.07, 6.45) is 0.549. The summed E-state index contributed by atoms with van der Waals surface area (Å²) in [4.78, 5) is 39.8. The van der Waals surface area contributed by atoms with Crippen molar-refractivity contribution in [2.75, 3.05) is 23.3 Å². The van der Waals surface area contributed by atoms with Crippen LogP contribution < -0.4 is 10.2 Å². The Labute approximate surface area is 206 Å². The molecule has 10 heteroatoms. The summed E-state index contributed by atoms with van der Waals surface area (Å²) < 4.78 is 28.4. The van der Waals surface area contributed by atoms with E-state index in [2.05, 4.69) is 5.32 Å². The third-order valence-corrected chi connectivity index (χ3v) is 6.08. The monoisotopic (exact) mass is 494 g/mol. The molecule has 0 radical (unpaired) electrons. The molecule has 0 saturated carbocycles. The zero-order chi connectivity index (χ0) is 26.0. The Morgan fingerprint density at radius 2 is 1.78 bits per heavy atom. The van der Waals surface area contributed by atoms with E-state index in [0.29, 0.717) is 36.4 Å². The molecule has 1 aliphatic heterocycles. The number of benzene rings is 3. The molecule has 0 atom stereocenters. The highest BCUT2D eigenvalue weighted by Crippen LogP contribution is 2.31. The minimum Gasteiger partial charge on any atom is -0.320 e. The third-order valence-electron chi connectivity index (χ3n) is 6.08. The number of nitrogens with one attached hydrogen (secondary N) is 1. The number of hydrogen-bond acceptors (Lipinski definition) is 4. The first-order valence-electron chi connectivity index (χ1n) is 11.3. The molecule has 1 N–H and O–H groups in total. The third kappa shape index (κ3) is 5.02. The van der Waals surface area contributed by atoms with Gasteiger partial charge in [0.15, 0.2) is 0 Å². The molecule has 1 fully saturated rings. The lowest BCUT2D eigenvalue weighted by Crippen LogP contribution is -2.49. The Morgan fingerprint density at radius 3 is 2.47 bits per heavy atom. The van der Waals surface area contributed by atoms with Crippen molar-refractivity contribution in [3.8, 4) is 0 Å². The second kappa shape index (κ2) is 10.1. The number of carbonyl (C=O) groups excluding carboxylic acids is 2. The number of nitro groups is 1. The highest BCUT2D eigenvalue weighted by molar-refractivity contribution is 6.08. The quantitative estimate of drug-likeness (QED) is 0.358. The minimum atomic E-state index is -0.726. The van der Waals surface area contributed by atoms with Crippen molar-refractivity contribution in [3.63, 3.8) is 0 Å². The topological polar surface area (TPSA) is 95.8 Å². The molecule has 0 spiro atoms. The lowest BCUT2D eigenvalue weighted by atomic mass is 10.1. The van der Waals surface area contributed by atoms with Crippen LogP contribution in [0.3, 0.4) is 0 Å². The zero-order valence-corrected chi connectivity index (χ0v) is 19.8. The van der Waals surface area contributed by atoms with Crippen LogP contribution in [0.15, 0.2) is 54.6 Å². The second-order valence-electron chi connectivity index (χ2n) is 8.64. The molecule has 1 aliphatic rings. The average molecular weight is 494 g/mol. The first-order valence-corrected chi connectivity index (χ1v) is 11.3. The van der Waals surface area contributed by atoms with Gasteiger partial charge in [0, 0.05) is 35.8 Å². The maximum Gasteiger partial charge on any atom is 0.324 e. The highest BCUT2D eigenvalue weighted by Gasteiger charge is 2.30. The van der Waals surface area contributed by atoms with E-state index in [0.717, 1.165) is 17.7 Å². The molecular weight excluding hydrogens is 470 g/mol. The number of rotatable bonds is 6. The molecule has 0 aromatic heterocycles. The van der Waals surface area contributed by atoms with Gasteiger partial charge in [0.05, 0.1) is 22.8 Å². The van der Waals surface area contributed by atoms with Crippen LogP contribution in [0.1, 0.15) is 33.5 Å². The Morgan fingerprint density at radius 1 is 1.06 bits per heavy atom. The SMILES string of the molecule is Cc1ccc(N2CCCN(Cc3c(F)cccc3F)C2=O)c(NC(=O)c2ccc(C)c([N+](=O)[O-])c2)c1. The molecular formula is C26H24F2N4O4. The maximum atomic E-state index is 14.2. The molecule has 4 rings (SSSR count). The van der Waals surface area contributed by atoms with Crippen LogP contribution in [0.25, 0.3) is 0 Å². The first-order chi connectivity index (χ1) is 17.2. The van der Waals surface area contributed by atoms with Gasteiger partial charge < -0.3 is 10.2 Å². The van der Waals surface area contributed by atoms with Crippen LogP contribution in [0.4, 0.5) is 30.6 Å². The van der Waals surface area contributed by atoms with Gasteiger partial charge in [0.2, 0.25) is 0 Å². The van der Waals surface area contributed by atoms with Crippen LogP contribution in [0.2, 0.25) is 0 Å². The van der Waals surface area contributed by atoms with Crippen molar-refractivity contribution in [1.29, 1.82) is 0 Å². The van der Waals surface area contributed by atoms with Crippen molar-refractivity contribution >= 4 is 29.0 Å². The van der Waals surface area contributed by atoms with E-state index in [1.807, 2.05) is 6.92 Å². The lowest BCUT2D eigenvalue weighted by Gasteiger charge is -2.36. The molecule has 0 aliphatic carbocycles. The normalized spacial score (nSPS) is 13.6. The molecule has 36 heavy (non-hydrogen) atoms. The van der Waals surface area contributed by atoms with E-state index >= 15 is 0 Å². The number of amides is 3. The lowest BCUT2D eigenvalue weighted by molar-refractivity contribution is -0.385. The van der Waals surface area contributed by atoms with E-state index in [4.69, 9.17) is 0 Å². The zero-order valence-electron chi connectivity index (χ0n) is 19.8. The van der Waals surface area contributed by atoms with Crippen molar-refractivity contribution in [2.45, 2.75) is 26.8 Å². The summed E-state index contributed by atoms with van der Waals surface area (Å²) in [5, 5.41) is 14.0. The first kappa shape index (κ1) is 24.8. The van der Waals surface area contributed by atoms with Crippen molar-refractivity contribution in [2.24, 2.45) is 0 Å². The van der Waals surface area contributed by atoms with Gasteiger partial charge in [-0.2, -0.15) is 0 Å². The Kier molecular flexibility index (Phi) is 6.96. The van der Waals surface area contributed by atoms with E-state index in [1.165, 1.54) is 34.1 Å². The average Bonchev–Trinajstić information content (AvgIpc) is 2.83. The summed E-state index contributed by atoms with van der Waals surface area (Å²) in [6.45, 7) is 3.84. The fourth-order valence-corrected chi connectivity index (χ4v) is 4.15. The van der Waals surface area contributed by atoms with E-state index in [-0.39, 0.29) is 23.4 Å². The smallest absolute Gasteiger partial charge is 0.320 e. The number of urea groups is 1. The molecule has 0 unspecified atom stereocenters. The fraction of sp³-hybridized carbons (Fsp3) is 0.231. The van der Waals surface area contributed by atoms with Crippen molar-refractivity contribution in [1.82, 2.24) is 4.90 Å². The molecule has 1 heterocycles. The predicted molar refractivity (Wildman–Crippen MR) is 131 cm³/mol. The standard InChI is InChI=1S/C26H24F2N4O4/c1-16-7-10-23(22(13-16)29-25(33)18-9-8-17(2)24(14-18)32(35)36)31-12-4-11-30(26(31)34)15-19-20(27)5-3-6-21(19)28/h3,5-10,13-14H,4,11-12,15H2,1-2H3,(H,29,33). The molecule has 3 amide bonds. The number of anilines is 2. The minimum absolute atomic E-state index is 0.0985. The van der Waals surface area contributed by atoms with E-state index < -0.39 is 28.5 Å². The molecule has 0 bridgehead atoms. The Bertz CT molecular complexity index is 1340. The summed E-state index contributed by atoms with van der Waals surface area (Å²) in [5.74, 6) is -2.02. The summed E-state index contributed by atoms with van der Waals surface area (Å²) in [6, 6.07) is 12.5. The molecule has 1 saturated heterocycles. The van der Waals surface area contributed by atoms with Crippen molar-refractivity contribution < 1.29 is 23.3 Å². The van der Waals surface area contributed by atoms with Crippen LogP contribution in [0, 0.1) is 35.6 Å². The molecule has 3 aromatic carbocycles. The number of nitro benzene ring substituents is 1. The summed E-state index contributed by atoms with van der Waals surface area (Å²) >= 11 is 0. The fourth-order valence-electron chi connectivity index (χ4n) is 4.15. The number of carbonyl (C=O) groups is 2. The van der Waals surface area contributed by atoms with Crippen LogP contribution in [0.5, 0.6) is 0 Å². The molecule has 186 valence electrons. The van der Waals surface area contributed by atoms with Gasteiger partial charge in [0.25, 0.3) is 11.6 Å². The molecule has 3 aromatic rings. The van der Waals surface area contributed by atoms with E-state index in [9.17, 15) is 28.5 Å². The van der Waals surface area contributed by atoms with Crippen LogP contribution >= 0.6 is 0 Å². The van der Waals surface area contributed by atoms with Crippen LogP contribution in [-0.2, 0) is 6.54 Å². The van der Waals surface area contributed by atoms with E-state index in [1.54, 1.807) is 25.1 Å². The van der Waals surface area contributed by atoms with Gasteiger partial charge in [0.1, 0.15) is 11.6 Å². The van der Waals surface area contributed by atoms with Gasteiger partial charge in [-0.15, -0.1) is 0 Å². The second-order valence-corrected chi connectivity index (χ2v) is 8.64. The van der Waals surface area contributed by atoms with Gasteiger partial charge >= 0.3 is 6.03 Å². The van der Waals surface area contributed by atoms with Gasteiger partial charge in [-0.25, -0.2) is 13.6 Å². The molecule has 8 nitrogen and oxygen atoms in total. The number of aryl methyl sites for hydroxylation is 2. The predicted octanol–water partition coefficient (Wildman–Crippen LogP) is 5.57. The number of hydrogen-bond donors (Lipinski definition) is 1. The number of nitrogens with zero attached hydrogens (tertiary/aromatic N) is 3. The largest absolute Gasteiger partial charge is 0.324 e. The summed E-state index contributed by atoms with van der Waals surface area (Å²) in [5.41, 5.74) is 1.74. The van der Waals surface area contributed by atoms with Gasteiger partial charge in [-0.05, 0) is 56.2 Å². The van der Waals surface area contributed by atoms with Crippen molar-refractivity contribution in [3.05, 3.63) is 98.6 Å². The van der Waals surface area contributed by atoms with Gasteiger partial charge in [-0.3, -0.25) is 19.8 Å². The van der Waals surface area contributed by atoms with Crippen LogP contribution in [-0.4, -0.2) is 34.9 Å². The number of halogens is 2. The maximum absolute atomic E-state index is 14.2. The van der Waals surface area contributed by atoms with Gasteiger partial charge in [-0.1, -0.05) is 18.2 Å². The Hall–Kier alpha value is -4.34. The Balaban J connectivity index is 1.61. The summed E-state index contributed by atoms with van der Waals surface area (Å²) in [7, 11) is 0. The highest BCUT2D eigenvalue weighted by atomic mass is 19.1.